The molecule has 1 aromatic heterocycles. The van der Waals surface area contributed by atoms with E-state index in [0.717, 1.165) is 47.2 Å². The second-order valence-electron chi connectivity index (χ2n) is 7.07. The lowest BCUT2D eigenvalue weighted by Gasteiger charge is -2.24. The summed E-state index contributed by atoms with van der Waals surface area (Å²) < 4.78 is 42.0. The number of hydrogen-bond acceptors (Lipinski definition) is 2. The van der Waals surface area contributed by atoms with Crippen molar-refractivity contribution >= 4 is 28.1 Å². The third-order valence-corrected chi connectivity index (χ3v) is 5.53. The molecule has 0 amide bonds. The molecule has 0 bridgehead atoms. The molecule has 1 aliphatic rings. The average Bonchev–Trinajstić information content (AvgIpc) is 2.97. The first-order chi connectivity index (χ1) is 13.4. The fourth-order valence-electron chi connectivity index (χ4n) is 3.61. The minimum absolute atomic E-state index is 0.126. The van der Waals surface area contributed by atoms with E-state index in [2.05, 4.69) is 5.10 Å². The molecule has 2 aromatic carbocycles. The number of rotatable bonds is 1. The Bertz CT molecular complexity index is 1000. The summed E-state index contributed by atoms with van der Waals surface area (Å²) in [5.74, 6) is 0. The van der Waals surface area contributed by atoms with Crippen molar-refractivity contribution < 1.29 is 13.2 Å². The van der Waals surface area contributed by atoms with Gasteiger partial charge in [0.1, 0.15) is 0 Å². The summed E-state index contributed by atoms with van der Waals surface area (Å²) in [6.45, 7) is 1.34. The van der Waals surface area contributed by atoms with Gasteiger partial charge in [-0.2, -0.15) is 18.3 Å². The number of alkyl halides is 3. The van der Waals surface area contributed by atoms with Crippen LogP contribution in [0.25, 0.3) is 22.0 Å². The van der Waals surface area contributed by atoms with Crippen molar-refractivity contribution in [3.63, 3.8) is 0 Å². The molecule has 4 rings (SSSR count). The highest BCUT2D eigenvalue weighted by molar-refractivity contribution is 7.80. The van der Waals surface area contributed by atoms with Gasteiger partial charge in [0.15, 0.2) is 10.8 Å². The largest absolute Gasteiger partial charge is 0.433 e. The van der Waals surface area contributed by atoms with Crippen LogP contribution in [0.1, 0.15) is 31.4 Å². The van der Waals surface area contributed by atoms with Gasteiger partial charge < -0.3 is 4.90 Å². The molecule has 0 atom stereocenters. The van der Waals surface area contributed by atoms with Crippen LogP contribution in [0.4, 0.5) is 13.2 Å². The summed E-state index contributed by atoms with van der Waals surface area (Å²) >= 11 is 5.42. The minimum Gasteiger partial charge on any atom is -0.347 e. The van der Waals surface area contributed by atoms with Crippen LogP contribution in [0.15, 0.2) is 48.5 Å². The summed E-state index contributed by atoms with van der Waals surface area (Å²) in [7, 11) is 0. The smallest absolute Gasteiger partial charge is 0.347 e. The molecule has 0 radical (unpaired) electrons. The molecule has 1 fully saturated rings. The minimum atomic E-state index is -4.53. The van der Waals surface area contributed by atoms with Crippen LogP contribution in [0.5, 0.6) is 0 Å². The molecule has 146 valence electrons. The van der Waals surface area contributed by atoms with Crippen LogP contribution in [0, 0.1) is 0 Å². The Morgan fingerprint density at radius 3 is 2.25 bits per heavy atom. The first-order valence-corrected chi connectivity index (χ1v) is 9.80. The zero-order chi connectivity index (χ0) is 19.7. The van der Waals surface area contributed by atoms with Crippen molar-refractivity contribution in [2.75, 3.05) is 13.1 Å². The second kappa shape index (κ2) is 7.54. The van der Waals surface area contributed by atoms with E-state index in [1.54, 1.807) is 6.07 Å². The van der Waals surface area contributed by atoms with Gasteiger partial charge in [-0.25, -0.2) is 4.68 Å². The summed E-state index contributed by atoms with van der Waals surface area (Å²) in [4.78, 5) is 1.84. The standard InChI is InChI=1S/C21H20F3N3S/c22-21(23,24)19-14-18(17-10-9-15-7-3-4-8-16(15)13-17)25-27(19)20(28)26-11-5-1-2-6-12-26/h3-4,7-10,13-14H,1-2,5-6,11-12H2. The molecule has 3 nitrogen and oxygen atoms in total. The van der Waals surface area contributed by atoms with Crippen molar-refractivity contribution in [3.05, 3.63) is 54.2 Å². The number of thiocarbonyl (C=S) groups is 1. The molecule has 0 unspecified atom stereocenters. The van der Waals surface area contributed by atoms with Crippen LogP contribution >= 0.6 is 12.2 Å². The summed E-state index contributed by atoms with van der Waals surface area (Å²) in [5, 5.41) is 6.39. The van der Waals surface area contributed by atoms with Crippen LogP contribution in [0.2, 0.25) is 0 Å². The van der Waals surface area contributed by atoms with Crippen molar-refractivity contribution in [2.45, 2.75) is 31.9 Å². The Hall–Kier alpha value is -2.41. The van der Waals surface area contributed by atoms with E-state index in [4.69, 9.17) is 12.2 Å². The molecule has 0 spiro atoms. The lowest BCUT2D eigenvalue weighted by Crippen LogP contribution is -2.37. The molecule has 7 heteroatoms. The summed E-state index contributed by atoms with van der Waals surface area (Å²) in [5.41, 5.74) is 0.0850. The lowest BCUT2D eigenvalue weighted by atomic mass is 10.1. The average molecular weight is 403 g/mol. The van der Waals surface area contributed by atoms with Crippen molar-refractivity contribution in [3.8, 4) is 11.3 Å². The van der Waals surface area contributed by atoms with Gasteiger partial charge in [0, 0.05) is 18.7 Å². The van der Waals surface area contributed by atoms with E-state index in [1.165, 1.54) is 0 Å². The van der Waals surface area contributed by atoms with Gasteiger partial charge in [-0.3, -0.25) is 0 Å². The maximum Gasteiger partial charge on any atom is 0.433 e. The van der Waals surface area contributed by atoms with E-state index < -0.39 is 11.9 Å². The van der Waals surface area contributed by atoms with Gasteiger partial charge in [-0.05, 0) is 48.0 Å². The molecule has 1 aliphatic heterocycles. The van der Waals surface area contributed by atoms with E-state index in [-0.39, 0.29) is 10.8 Å². The molecule has 0 aliphatic carbocycles. The maximum atomic E-state index is 13.7. The SMILES string of the molecule is FC(F)(F)c1cc(-c2ccc3ccccc3c2)nn1C(=S)N1CCCCCC1. The second-order valence-corrected chi connectivity index (χ2v) is 7.44. The van der Waals surface area contributed by atoms with Gasteiger partial charge in [0.05, 0.1) is 5.69 Å². The third-order valence-electron chi connectivity index (χ3n) is 5.10. The monoisotopic (exact) mass is 403 g/mol. The maximum absolute atomic E-state index is 13.7. The number of nitrogens with zero attached hydrogens (tertiary/aromatic N) is 3. The number of halogens is 3. The van der Waals surface area contributed by atoms with Crippen molar-refractivity contribution in [1.29, 1.82) is 0 Å². The number of likely N-dealkylation sites (tertiary alicyclic amines) is 1. The van der Waals surface area contributed by atoms with Gasteiger partial charge in [-0.1, -0.05) is 49.2 Å². The number of fused-ring (bicyclic) bond motifs is 1. The number of benzene rings is 2. The van der Waals surface area contributed by atoms with E-state index >= 15 is 0 Å². The zero-order valence-corrected chi connectivity index (χ0v) is 16.1. The van der Waals surface area contributed by atoms with E-state index in [1.807, 2.05) is 41.3 Å². The molecule has 2 heterocycles. The Kier molecular flexibility index (Phi) is 5.10. The molecule has 1 saturated heterocycles. The normalized spacial score (nSPS) is 15.6. The Labute approximate surface area is 166 Å². The van der Waals surface area contributed by atoms with Crippen LogP contribution < -0.4 is 0 Å². The predicted octanol–water partition coefficient (Wildman–Crippen LogP) is 5.73. The lowest BCUT2D eigenvalue weighted by molar-refractivity contribution is -0.142. The van der Waals surface area contributed by atoms with Gasteiger partial charge in [-0.15, -0.1) is 0 Å². The Morgan fingerprint density at radius 1 is 0.893 bits per heavy atom. The fraction of sp³-hybridized carbons (Fsp3) is 0.333. The highest BCUT2D eigenvalue weighted by Gasteiger charge is 2.37. The fourth-order valence-corrected chi connectivity index (χ4v) is 3.94. The third kappa shape index (κ3) is 3.76. The first kappa shape index (κ1) is 18.9. The number of hydrogen-bond donors (Lipinski definition) is 0. The van der Waals surface area contributed by atoms with Crippen LogP contribution in [0.3, 0.4) is 0 Å². The molecular formula is C21H20F3N3S. The van der Waals surface area contributed by atoms with Gasteiger partial charge in [0.25, 0.3) is 0 Å². The van der Waals surface area contributed by atoms with Crippen molar-refractivity contribution in [2.24, 2.45) is 0 Å². The Morgan fingerprint density at radius 2 is 1.57 bits per heavy atom. The van der Waals surface area contributed by atoms with Gasteiger partial charge in [0.2, 0.25) is 0 Å². The molecular weight excluding hydrogens is 383 g/mol. The Balaban J connectivity index is 1.75. The first-order valence-electron chi connectivity index (χ1n) is 9.39. The summed E-state index contributed by atoms with van der Waals surface area (Å²) in [6.07, 6.45) is -0.516. The quantitative estimate of drug-likeness (QED) is 0.484. The molecule has 0 N–H and O–H groups in total. The zero-order valence-electron chi connectivity index (χ0n) is 15.2. The predicted molar refractivity (Wildman–Crippen MR) is 108 cm³/mol. The highest BCUT2D eigenvalue weighted by Crippen LogP contribution is 2.33. The van der Waals surface area contributed by atoms with E-state index in [0.29, 0.717) is 18.7 Å². The van der Waals surface area contributed by atoms with Crippen LogP contribution in [-0.4, -0.2) is 32.9 Å². The molecule has 28 heavy (non-hydrogen) atoms. The van der Waals surface area contributed by atoms with Crippen molar-refractivity contribution in [1.82, 2.24) is 14.7 Å². The van der Waals surface area contributed by atoms with E-state index in [9.17, 15) is 13.2 Å². The molecule has 0 saturated carbocycles. The molecule has 3 aromatic rings. The van der Waals surface area contributed by atoms with Gasteiger partial charge >= 0.3 is 6.18 Å². The topological polar surface area (TPSA) is 21.1 Å². The number of aromatic nitrogens is 2. The highest BCUT2D eigenvalue weighted by atomic mass is 32.1. The van der Waals surface area contributed by atoms with Crippen LogP contribution in [-0.2, 0) is 6.18 Å². The summed E-state index contributed by atoms with van der Waals surface area (Å²) in [6, 6.07) is 14.4.